The van der Waals surface area contributed by atoms with Crippen LogP contribution >= 0.6 is 23.4 Å². The van der Waals surface area contributed by atoms with Crippen LogP contribution in [0, 0.1) is 18.3 Å². The van der Waals surface area contributed by atoms with E-state index in [1.807, 2.05) is 55.5 Å². The summed E-state index contributed by atoms with van der Waals surface area (Å²) in [5.41, 5.74) is 3.72. The first-order valence-electron chi connectivity index (χ1n) is 8.72. The van der Waals surface area contributed by atoms with Crippen LogP contribution in [-0.2, 0) is 4.79 Å². The van der Waals surface area contributed by atoms with E-state index < -0.39 is 0 Å². The third kappa shape index (κ3) is 3.20. The van der Waals surface area contributed by atoms with E-state index in [4.69, 9.17) is 11.6 Å². The maximum Gasteiger partial charge on any atom is 0.229 e. The van der Waals surface area contributed by atoms with Crippen molar-refractivity contribution in [3.63, 3.8) is 0 Å². The Kier molecular flexibility index (Phi) is 4.86. The van der Waals surface area contributed by atoms with E-state index in [0.717, 1.165) is 21.8 Å². The maximum absolute atomic E-state index is 12.9. The molecule has 1 atom stereocenters. The number of anilines is 1. The van der Waals surface area contributed by atoms with Gasteiger partial charge in [0.1, 0.15) is 0 Å². The Hall–Kier alpha value is -2.42. The second-order valence-electron chi connectivity index (χ2n) is 6.66. The molecule has 1 amide bonds. The largest absolute Gasteiger partial charge is 0.343 e. The minimum Gasteiger partial charge on any atom is -0.343 e. The third-order valence-corrected chi connectivity index (χ3v) is 6.64. The quantitative estimate of drug-likeness (QED) is 0.727. The van der Waals surface area contributed by atoms with E-state index in [9.17, 15) is 10.1 Å². The highest BCUT2D eigenvalue weighted by atomic mass is 35.5. The molecule has 4 nitrogen and oxygen atoms in total. The van der Waals surface area contributed by atoms with E-state index >= 15 is 0 Å². The first-order chi connectivity index (χ1) is 13.1. The number of nitriles is 1. The summed E-state index contributed by atoms with van der Waals surface area (Å²) in [6, 6.07) is 18.0. The molecule has 136 valence electrons. The SMILES string of the molecule is Cc1c(Cl)cccc1N1CSC2=C(C#N)C(c3ccccc3)CC(=O)N2C1. The van der Waals surface area contributed by atoms with Crippen molar-refractivity contribution in [1.82, 2.24) is 4.90 Å². The molecule has 0 radical (unpaired) electrons. The predicted octanol–water partition coefficient (Wildman–Crippen LogP) is 4.87. The number of hydrogen-bond acceptors (Lipinski definition) is 4. The number of thioether (sulfide) groups is 1. The van der Waals surface area contributed by atoms with Crippen LogP contribution in [0.2, 0.25) is 5.02 Å². The van der Waals surface area contributed by atoms with Gasteiger partial charge in [-0.05, 0) is 30.2 Å². The molecular formula is C21H18ClN3OS. The number of allylic oxidation sites excluding steroid dienone is 1. The summed E-state index contributed by atoms with van der Waals surface area (Å²) in [7, 11) is 0. The first kappa shape index (κ1) is 18.0. The van der Waals surface area contributed by atoms with Crippen LogP contribution in [0.3, 0.4) is 0 Å². The van der Waals surface area contributed by atoms with Gasteiger partial charge in [0.2, 0.25) is 5.91 Å². The van der Waals surface area contributed by atoms with E-state index in [2.05, 4.69) is 11.0 Å². The van der Waals surface area contributed by atoms with Gasteiger partial charge in [0.05, 0.1) is 29.2 Å². The van der Waals surface area contributed by atoms with Crippen LogP contribution in [0.5, 0.6) is 0 Å². The highest BCUT2D eigenvalue weighted by molar-refractivity contribution is 8.03. The molecule has 0 N–H and O–H groups in total. The maximum atomic E-state index is 12.9. The summed E-state index contributed by atoms with van der Waals surface area (Å²) in [6.45, 7) is 2.42. The second kappa shape index (κ2) is 7.30. The molecule has 2 heterocycles. The number of nitrogens with zero attached hydrogens (tertiary/aromatic N) is 3. The summed E-state index contributed by atoms with van der Waals surface area (Å²) >= 11 is 7.81. The van der Waals surface area contributed by atoms with Gasteiger partial charge in [-0.2, -0.15) is 5.26 Å². The number of rotatable bonds is 2. The molecule has 27 heavy (non-hydrogen) atoms. The molecule has 1 saturated heterocycles. The number of benzene rings is 2. The Morgan fingerprint density at radius 1 is 1.19 bits per heavy atom. The number of fused-ring (bicyclic) bond motifs is 1. The second-order valence-corrected chi connectivity index (χ2v) is 8.00. The third-order valence-electron chi connectivity index (χ3n) is 5.08. The fourth-order valence-corrected chi connectivity index (χ4v) is 4.95. The molecule has 4 rings (SSSR count). The molecule has 0 saturated carbocycles. The number of halogens is 1. The lowest BCUT2D eigenvalue weighted by Gasteiger charge is -2.42. The van der Waals surface area contributed by atoms with E-state index in [1.165, 1.54) is 0 Å². The average Bonchev–Trinajstić information content (AvgIpc) is 2.70. The van der Waals surface area contributed by atoms with Crippen molar-refractivity contribution in [2.24, 2.45) is 0 Å². The van der Waals surface area contributed by atoms with Gasteiger partial charge in [-0.15, -0.1) is 0 Å². The van der Waals surface area contributed by atoms with Gasteiger partial charge in [0, 0.05) is 23.0 Å². The predicted molar refractivity (Wildman–Crippen MR) is 109 cm³/mol. The highest BCUT2D eigenvalue weighted by Crippen LogP contribution is 2.43. The first-order valence-corrected chi connectivity index (χ1v) is 10.1. The number of carbonyl (C=O) groups is 1. The van der Waals surface area contributed by atoms with Gasteiger partial charge in [-0.3, -0.25) is 9.69 Å². The van der Waals surface area contributed by atoms with Crippen molar-refractivity contribution < 1.29 is 4.79 Å². The molecule has 6 heteroatoms. The zero-order valence-corrected chi connectivity index (χ0v) is 16.4. The minimum absolute atomic E-state index is 0.0507. The Morgan fingerprint density at radius 2 is 1.96 bits per heavy atom. The average molecular weight is 396 g/mol. The van der Waals surface area contributed by atoms with Crippen molar-refractivity contribution >= 4 is 35.0 Å². The van der Waals surface area contributed by atoms with Gasteiger partial charge in [-0.1, -0.05) is 59.8 Å². The minimum atomic E-state index is -0.165. The Bertz CT molecular complexity index is 967. The molecule has 2 aliphatic heterocycles. The van der Waals surface area contributed by atoms with Crippen molar-refractivity contribution in [3.8, 4) is 6.07 Å². The van der Waals surface area contributed by atoms with Crippen molar-refractivity contribution in [3.05, 3.63) is 75.3 Å². The van der Waals surface area contributed by atoms with Crippen LogP contribution in [0.15, 0.2) is 59.1 Å². The number of carbonyl (C=O) groups excluding carboxylic acids is 1. The molecule has 2 aromatic carbocycles. The van der Waals surface area contributed by atoms with E-state index in [0.29, 0.717) is 29.6 Å². The lowest BCUT2D eigenvalue weighted by molar-refractivity contribution is -0.129. The van der Waals surface area contributed by atoms with E-state index in [-0.39, 0.29) is 11.8 Å². The molecular weight excluding hydrogens is 378 g/mol. The Morgan fingerprint density at radius 3 is 2.70 bits per heavy atom. The zero-order valence-electron chi connectivity index (χ0n) is 14.9. The smallest absolute Gasteiger partial charge is 0.229 e. The fraction of sp³-hybridized carbons (Fsp3) is 0.238. The molecule has 1 unspecified atom stereocenters. The van der Waals surface area contributed by atoms with Gasteiger partial charge in [0.15, 0.2) is 0 Å². The number of amides is 1. The van der Waals surface area contributed by atoms with Gasteiger partial charge >= 0.3 is 0 Å². The van der Waals surface area contributed by atoms with Gasteiger partial charge in [0.25, 0.3) is 0 Å². The summed E-state index contributed by atoms with van der Waals surface area (Å²) in [5, 5.41) is 11.3. The molecule has 2 aromatic rings. The topological polar surface area (TPSA) is 47.3 Å². The lowest BCUT2D eigenvalue weighted by atomic mass is 9.86. The van der Waals surface area contributed by atoms with Gasteiger partial charge < -0.3 is 4.90 Å². The molecule has 2 aliphatic rings. The summed E-state index contributed by atoms with van der Waals surface area (Å²) < 4.78 is 0. The van der Waals surface area contributed by atoms with Crippen molar-refractivity contribution in [2.45, 2.75) is 19.3 Å². The highest BCUT2D eigenvalue weighted by Gasteiger charge is 2.38. The van der Waals surface area contributed by atoms with Gasteiger partial charge in [-0.25, -0.2) is 0 Å². The fourth-order valence-electron chi connectivity index (χ4n) is 3.62. The van der Waals surface area contributed by atoms with Crippen molar-refractivity contribution in [2.75, 3.05) is 17.4 Å². The summed E-state index contributed by atoms with van der Waals surface area (Å²) in [4.78, 5) is 16.8. The standard InChI is InChI=1S/C21H18ClN3OS/c1-14-18(22)8-5-9-19(14)24-12-25-20(26)10-16(15-6-3-2-4-7-15)17(11-23)21(25)27-13-24/h2-9,16H,10,12-13H2,1H3. The van der Waals surface area contributed by atoms with Crippen LogP contribution < -0.4 is 4.90 Å². The number of hydrogen-bond donors (Lipinski definition) is 0. The summed E-state index contributed by atoms with van der Waals surface area (Å²) in [5.74, 6) is 0.559. The Labute approximate surface area is 168 Å². The molecule has 1 fully saturated rings. The van der Waals surface area contributed by atoms with Crippen LogP contribution in [0.25, 0.3) is 0 Å². The molecule has 0 bridgehead atoms. The normalized spacial score (nSPS) is 19.7. The lowest BCUT2D eigenvalue weighted by Crippen LogP contribution is -2.47. The zero-order chi connectivity index (χ0) is 19.0. The molecule has 0 aliphatic carbocycles. The van der Waals surface area contributed by atoms with Crippen LogP contribution in [-0.4, -0.2) is 23.4 Å². The monoisotopic (exact) mass is 395 g/mol. The van der Waals surface area contributed by atoms with Crippen LogP contribution in [0.1, 0.15) is 23.5 Å². The molecule has 0 spiro atoms. The van der Waals surface area contributed by atoms with Crippen LogP contribution in [0.4, 0.5) is 5.69 Å². The summed E-state index contributed by atoms with van der Waals surface area (Å²) in [6.07, 6.45) is 0.319. The van der Waals surface area contributed by atoms with E-state index in [1.54, 1.807) is 16.7 Å². The Balaban J connectivity index is 1.69. The van der Waals surface area contributed by atoms with Crippen molar-refractivity contribution in [1.29, 1.82) is 5.26 Å². The molecule has 0 aromatic heterocycles.